The van der Waals surface area contributed by atoms with Crippen molar-refractivity contribution in [1.29, 1.82) is 0 Å². The van der Waals surface area contributed by atoms with Crippen LogP contribution in [0.4, 0.5) is 0 Å². The molecule has 0 saturated heterocycles. The Labute approximate surface area is 86.8 Å². The van der Waals surface area contributed by atoms with Gasteiger partial charge in [-0.25, -0.2) is 5.12 Å². The zero-order chi connectivity index (χ0) is 11.0. The van der Waals surface area contributed by atoms with Crippen LogP contribution < -0.4 is 5.43 Å². The van der Waals surface area contributed by atoms with Crippen LogP contribution in [0.3, 0.4) is 0 Å². The summed E-state index contributed by atoms with van der Waals surface area (Å²) < 4.78 is 0. The lowest BCUT2D eigenvalue weighted by Gasteiger charge is -2.36. The molecule has 1 heterocycles. The molecule has 1 rings (SSSR count). The van der Waals surface area contributed by atoms with E-state index in [9.17, 15) is 0 Å². The molecule has 79 valence electrons. The van der Waals surface area contributed by atoms with Crippen molar-refractivity contribution in [1.82, 2.24) is 10.5 Å². The molecule has 1 radical (unpaired) electrons. The Hall–Kier alpha value is -0.990. The summed E-state index contributed by atoms with van der Waals surface area (Å²) in [6.07, 6.45) is 4.92. The molecule has 0 unspecified atom stereocenters. The number of allylic oxidation sites excluding steroid dienone is 1. The van der Waals surface area contributed by atoms with Gasteiger partial charge in [-0.05, 0) is 26.8 Å². The van der Waals surface area contributed by atoms with Crippen molar-refractivity contribution >= 4 is 5.71 Å². The fourth-order valence-corrected chi connectivity index (χ4v) is 1.01. The molecule has 3 heteroatoms. The van der Waals surface area contributed by atoms with Crippen LogP contribution in [0.2, 0.25) is 0 Å². The van der Waals surface area contributed by atoms with Crippen LogP contribution in [0.15, 0.2) is 11.2 Å². The molecule has 3 nitrogen and oxygen atoms in total. The van der Waals surface area contributed by atoms with Gasteiger partial charge in [0.15, 0.2) is 0 Å². The van der Waals surface area contributed by atoms with Crippen LogP contribution in [-0.2, 0) is 0 Å². The van der Waals surface area contributed by atoms with Gasteiger partial charge in [0.05, 0.1) is 17.5 Å². The highest BCUT2D eigenvalue weighted by Gasteiger charge is 2.25. The lowest BCUT2D eigenvalue weighted by Crippen LogP contribution is -2.47. The summed E-state index contributed by atoms with van der Waals surface area (Å²) in [6, 6.07) is 0. The largest absolute Gasteiger partial charge is 0.280 e. The second-order valence-electron chi connectivity index (χ2n) is 5.62. The van der Waals surface area contributed by atoms with E-state index in [0.29, 0.717) is 0 Å². The van der Waals surface area contributed by atoms with Crippen molar-refractivity contribution in [2.75, 3.05) is 0 Å². The van der Waals surface area contributed by atoms with Crippen molar-refractivity contribution in [2.45, 2.75) is 47.1 Å². The average molecular weight is 194 g/mol. The smallest absolute Gasteiger partial charge is 0.0827 e. The Kier molecular flexibility index (Phi) is 2.61. The van der Waals surface area contributed by atoms with Gasteiger partial charge < -0.3 is 0 Å². The van der Waals surface area contributed by atoms with E-state index in [-0.39, 0.29) is 11.0 Å². The molecule has 1 aliphatic heterocycles. The molecule has 0 bridgehead atoms. The van der Waals surface area contributed by atoms with Gasteiger partial charge in [0.2, 0.25) is 0 Å². The van der Waals surface area contributed by atoms with E-state index in [1.807, 2.05) is 11.2 Å². The second kappa shape index (κ2) is 3.30. The molecule has 0 spiro atoms. The van der Waals surface area contributed by atoms with E-state index >= 15 is 0 Å². The van der Waals surface area contributed by atoms with E-state index < -0.39 is 0 Å². The van der Waals surface area contributed by atoms with Crippen LogP contribution >= 0.6 is 0 Å². The summed E-state index contributed by atoms with van der Waals surface area (Å²) in [5.74, 6) is 0. The second-order valence-corrected chi connectivity index (χ2v) is 5.62. The number of nitrogens with one attached hydrogen (secondary N) is 1. The highest BCUT2D eigenvalue weighted by atomic mass is 15.7. The number of hydrazone groups is 1. The fraction of sp³-hybridized carbons (Fsp3) is 0.727. The first-order valence-electron chi connectivity index (χ1n) is 4.95. The van der Waals surface area contributed by atoms with E-state index in [2.05, 4.69) is 58.3 Å². The number of hydrogen-bond acceptors (Lipinski definition) is 3. The summed E-state index contributed by atoms with van der Waals surface area (Å²) in [7, 11) is 0. The summed E-state index contributed by atoms with van der Waals surface area (Å²) in [5, 5.41) is 6.39. The summed E-state index contributed by atoms with van der Waals surface area (Å²) >= 11 is 0. The maximum Gasteiger partial charge on any atom is 0.0827 e. The van der Waals surface area contributed by atoms with Gasteiger partial charge in [0.1, 0.15) is 0 Å². The van der Waals surface area contributed by atoms with Gasteiger partial charge in [0.25, 0.3) is 0 Å². The minimum Gasteiger partial charge on any atom is -0.280 e. The molecule has 0 fully saturated rings. The third-order valence-electron chi connectivity index (χ3n) is 1.99. The van der Waals surface area contributed by atoms with E-state index in [0.717, 1.165) is 5.71 Å². The van der Waals surface area contributed by atoms with Crippen molar-refractivity contribution < 1.29 is 0 Å². The highest BCUT2D eigenvalue weighted by molar-refractivity contribution is 5.98. The summed E-state index contributed by atoms with van der Waals surface area (Å²) in [4.78, 5) is 0. The fourth-order valence-electron chi connectivity index (χ4n) is 1.01. The molecule has 0 aliphatic carbocycles. The molecule has 0 aromatic heterocycles. The Morgan fingerprint density at radius 3 is 2.21 bits per heavy atom. The van der Waals surface area contributed by atoms with Crippen LogP contribution in [0.1, 0.15) is 41.5 Å². The molecule has 0 aromatic rings. The van der Waals surface area contributed by atoms with E-state index in [1.165, 1.54) is 0 Å². The maximum absolute atomic E-state index is 4.55. The Balaban J connectivity index is 2.90. The van der Waals surface area contributed by atoms with Crippen LogP contribution in [0, 0.1) is 11.6 Å². The topological polar surface area (TPSA) is 27.6 Å². The Bertz CT molecular complexity index is 263. The number of rotatable bonds is 0. The lowest BCUT2D eigenvalue weighted by molar-refractivity contribution is 0.0917. The first kappa shape index (κ1) is 11.1. The number of hydrazine groups is 1. The van der Waals surface area contributed by atoms with Gasteiger partial charge in [-0.2, -0.15) is 5.10 Å². The third kappa shape index (κ3) is 2.50. The third-order valence-corrected chi connectivity index (χ3v) is 1.99. The van der Waals surface area contributed by atoms with Gasteiger partial charge in [0, 0.05) is 5.41 Å². The van der Waals surface area contributed by atoms with Crippen molar-refractivity contribution in [2.24, 2.45) is 10.5 Å². The average Bonchev–Trinajstić information content (AvgIpc) is 2.01. The molecular weight excluding hydrogens is 174 g/mol. The first-order chi connectivity index (χ1) is 6.21. The maximum atomic E-state index is 4.55. The van der Waals surface area contributed by atoms with Crippen molar-refractivity contribution in [3.63, 3.8) is 0 Å². The van der Waals surface area contributed by atoms with Crippen LogP contribution in [0.25, 0.3) is 0 Å². The molecule has 0 saturated carbocycles. The lowest BCUT2D eigenvalue weighted by atomic mass is 9.90. The molecule has 0 aromatic carbocycles. The summed E-state index contributed by atoms with van der Waals surface area (Å²) in [5.41, 5.74) is 4.09. The molecule has 1 aliphatic rings. The number of nitrogens with zero attached hydrogens (tertiary/aromatic N) is 2. The summed E-state index contributed by atoms with van der Waals surface area (Å²) in [6.45, 7) is 12.8. The van der Waals surface area contributed by atoms with Gasteiger partial charge in [-0.3, -0.25) is 5.43 Å². The Morgan fingerprint density at radius 1 is 1.21 bits per heavy atom. The van der Waals surface area contributed by atoms with E-state index in [1.54, 1.807) is 0 Å². The minimum absolute atomic E-state index is 0.0300. The quantitative estimate of drug-likeness (QED) is 0.641. The molecular formula is C11H20N3. The zero-order valence-electron chi connectivity index (χ0n) is 9.97. The van der Waals surface area contributed by atoms with Crippen LogP contribution in [0.5, 0.6) is 0 Å². The van der Waals surface area contributed by atoms with Crippen molar-refractivity contribution in [3.8, 4) is 0 Å². The molecule has 0 atom stereocenters. The molecule has 1 N–H and O–H groups in total. The molecule has 14 heavy (non-hydrogen) atoms. The van der Waals surface area contributed by atoms with Gasteiger partial charge in [-0.1, -0.05) is 20.8 Å². The van der Waals surface area contributed by atoms with Gasteiger partial charge in [-0.15, -0.1) is 0 Å². The van der Waals surface area contributed by atoms with E-state index in [4.69, 9.17) is 0 Å². The van der Waals surface area contributed by atoms with Gasteiger partial charge >= 0.3 is 0 Å². The van der Waals surface area contributed by atoms with Crippen LogP contribution in [-0.4, -0.2) is 16.4 Å². The monoisotopic (exact) mass is 194 g/mol. The highest BCUT2D eigenvalue weighted by Crippen LogP contribution is 2.21. The minimum atomic E-state index is -0.0300. The zero-order valence-corrected chi connectivity index (χ0v) is 9.97. The predicted molar refractivity (Wildman–Crippen MR) is 59.4 cm³/mol. The number of hydrogen-bond donors (Lipinski definition) is 1. The predicted octanol–water partition coefficient (Wildman–Crippen LogP) is 2.32. The van der Waals surface area contributed by atoms with Crippen molar-refractivity contribution in [3.05, 3.63) is 12.3 Å². The Morgan fingerprint density at radius 2 is 1.79 bits per heavy atom. The normalized spacial score (nSPS) is 17.9. The SMILES string of the molecule is CC(C)(C)C1=NN(C(C)(C)C)N[C]=C1. The molecule has 0 amide bonds. The first-order valence-corrected chi connectivity index (χ1v) is 4.95. The standard InChI is InChI=1S/C11H20N3/c1-10(2,3)9-7-8-12-14(13-9)11(4,5)6/h7,12H,1-6H3.